The Morgan fingerprint density at radius 2 is 2.17 bits per heavy atom. The molecular weight excluding hydrogens is 228 g/mol. The molecule has 0 fully saturated rings. The van der Waals surface area contributed by atoms with Gasteiger partial charge in [-0.3, -0.25) is 9.36 Å². The number of nitrogens with two attached hydrogens (primary N) is 1. The standard InChI is InChI=1S/C12H20N6/c1-9(2)12(13)11-8-18(16-15-11)7-5-10-4-6-14-17(10)3/h4,6,8-9,12H,5,7,13H2,1-3H3. The molecule has 6 nitrogen and oxygen atoms in total. The largest absolute Gasteiger partial charge is 0.322 e. The van der Waals surface area contributed by atoms with Crippen LogP contribution < -0.4 is 5.73 Å². The second-order valence-electron chi connectivity index (χ2n) is 4.87. The van der Waals surface area contributed by atoms with E-state index in [0.717, 1.165) is 18.7 Å². The summed E-state index contributed by atoms with van der Waals surface area (Å²) < 4.78 is 3.71. The summed E-state index contributed by atoms with van der Waals surface area (Å²) in [5, 5.41) is 12.4. The lowest BCUT2D eigenvalue weighted by Gasteiger charge is -2.11. The summed E-state index contributed by atoms with van der Waals surface area (Å²) >= 11 is 0. The van der Waals surface area contributed by atoms with Gasteiger partial charge in [0, 0.05) is 31.9 Å². The van der Waals surface area contributed by atoms with E-state index in [1.807, 2.05) is 28.7 Å². The molecule has 18 heavy (non-hydrogen) atoms. The molecule has 0 amide bonds. The van der Waals surface area contributed by atoms with Crippen LogP contribution in [0.1, 0.15) is 31.3 Å². The lowest BCUT2D eigenvalue weighted by molar-refractivity contribution is 0.502. The molecule has 98 valence electrons. The van der Waals surface area contributed by atoms with Crippen molar-refractivity contribution in [2.24, 2.45) is 18.7 Å². The van der Waals surface area contributed by atoms with Crippen LogP contribution in [0, 0.1) is 5.92 Å². The molecule has 0 spiro atoms. The van der Waals surface area contributed by atoms with Crippen LogP contribution in [0.3, 0.4) is 0 Å². The summed E-state index contributed by atoms with van der Waals surface area (Å²) in [6, 6.07) is 1.97. The third-order valence-electron chi connectivity index (χ3n) is 3.14. The molecule has 1 unspecified atom stereocenters. The Bertz CT molecular complexity index is 498. The van der Waals surface area contributed by atoms with E-state index in [4.69, 9.17) is 5.73 Å². The van der Waals surface area contributed by atoms with E-state index < -0.39 is 0 Å². The van der Waals surface area contributed by atoms with Gasteiger partial charge < -0.3 is 5.73 Å². The van der Waals surface area contributed by atoms with Crippen LogP contribution in [-0.4, -0.2) is 24.8 Å². The van der Waals surface area contributed by atoms with Crippen molar-refractivity contribution in [2.45, 2.75) is 32.9 Å². The average molecular weight is 248 g/mol. The predicted octanol–water partition coefficient (Wildman–Crippen LogP) is 0.910. The van der Waals surface area contributed by atoms with Crippen molar-refractivity contribution in [3.05, 3.63) is 29.8 Å². The third-order valence-corrected chi connectivity index (χ3v) is 3.14. The van der Waals surface area contributed by atoms with Gasteiger partial charge in [-0.1, -0.05) is 19.1 Å². The fourth-order valence-corrected chi connectivity index (χ4v) is 1.79. The molecule has 2 heterocycles. The zero-order valence-corrected chi connectivity index (χ0v) is 11.1. The SMILES string of the molecule is CC(C)C(N)c1cn(CCc2ccnn2C)nn1. The van der Waals surface area contributed by atoms with Gasteiger partial charge in [0.05, 0.1) is 17.9 Å². The van der Waals surface area contributed by atoms with E-state index in [9.17, 15) is 0 Å². The molecule has 0 aromatic carbocycles. The van der Waals surface area contributed by atoms with Crippen LogP contribution in [0.5, 0.6) is 0 Å². The Hall–Kier alpha value is -1.69. The molecule has 2 aromatic heterocycles. The number of aryl methyl sites for hydroxylation is 3. The Morgan fingerprint density at radius 1 is 1.39 bits per heavy atom. The highest BCUT2D eigenvalue weighted by Crippen LogP contribution is 2.15. The maximum Gasteiger partial charge on any atom is 0.0996 e. The Balaban J connectivity index is 1.97. The number of nitrogens with zero attached hydrogens (tertiary/aromatic N) is 5. The molecule has 0 aliphatic heterocycles. The lowest BCUT2D eigenvalue weighted by Crippen LogP contribution is -2.17. The van der Waals surface area contributed by atoms with E-state index in [-0.39, 0.29) is 6.04 Å². The molecular formula is C12H20N6. The Labute approximate surface area is 107 Å². The van der Waals surface area contributed by atoms with Gasteiger partial charge in [0.25, 0.3) is 0 Å². The van der Waals surface area contributed by atoms with Crippen molar-refractivity contribution < 1.29 is 0 Å². The first-order valence-corrected chi connectivity index (χ1v) is 6.20. The van der Waals surface area contributed by atoms with Gasteiger partial charge in [0.2, 0.25) is 0 Å². The van der Waals surface area contributed by atoms with Crippen molar-refractivity contribution in [2.75, 3.05) is 0 Å². The van der Waals surface area contributed by atoms with Crippen LogP contribution in [0.15, 0.2) is 18.5 Å². The summed E-state index contributed by atoms with van der Waals surface area (Å²) in [5.74, 6) is 0.368. The molecule has 2 N–H and O–H groups in total. The van der Waals surface area contributed by atoms with Gasteiger partial charge in [0.15, 0.2) is 0 Å². The summed E-state index contributed by atoms with van der Waals surface area (Å²) in [5.41, 5.74) is 8.07. The van der Waals surface area contributed by atoms with Gasteiger partial charge in [-0.05, 0) is 12.0 Å². The molecule has 0 aliphatic carbocycles. The average Bonchev–Trinajstić information content (AvgIpc) is 2.94. The number of hydrogen-bond acceptors (Lipinski definition) is 4. The number of aromatic nitrogens is 5. The zero-order valence-electron chi connectivity index (χ0n) is 11.1. The topological polar surface area (TPSA) is 74.6 Å². The zero-order chi connectivity index (χ0) is 13.1. The van der Waals surface area contributed by atoms with Crippen LogP contribution in [0.2, 0.25) is 0 Å². The van der Waals surface area contributed by atoms with Gasteiger partial charge in [-0.2, -0.15) is 5.10 Å². The first-order valence-electron chi connectivity index (χ1n) is 6.20. The number of hydrogen-bond donors (Lipinski definition) is 1. The van der Waals surface area contributed by atoms with Crippen molar-refractivity contribution in [3.63, 3.8) is 0 Å². The minimum atomic E-state index is -0.0459. The van der Waals surface area contributed by atoms with Crippen LogP contribution >= 0.6 is 0 Å². The molecule has 1 atom stereocenters. The quantitative estimate of drug-likeness (QED) is 0.853. The van der Waals surface area contributed by atoms with Crippen molar-refractivity contribution in [3.8, 4) is 0 Å². The molecule has 2 rings (SSSR count). The molecule has 2 aromatic rings. The van der Waals surface area contributed by atoms with E-state index in [0.29, 0.717) is 5.92 Å². The van der Waals surface area contributed by atoms with Gasteiger partial charge >= 0.3 is 0 Å². The second kappa shape index (κ2) is 5.30. The van der Waals surface area contributed by atoms with Crippen LogP contribution in [0.25, 0.3) is 0 Å². The predicted molar refractivity (Wildman–Crippen MR) is 68.7 cm³/mol. The summed E-state index contributed by atoms with van der Waals surface area (Å²) in [6.07, 6.45) is 4.62. The molecule has 0 bridgehead atoms. The van der Waals surface area contributed by atoms with Crippen molar-refractivity contribution in [1.82, 2.24) is 24.8 Å². The number of rotatable bonds is 5. The lowest BCUT2D eigenvalue weighted by atomic mass is 10.0. The molecule has 0 aliphatic rings. The highest BCUT2D eigenvalue weighted by molar-refractivity contribution is 5.02. The van der Waals surface area contributed by atoms with Crippen LogP contribution in [0.4, 0.5) is 0 Å². The first kappa shape index (κ1) is 12.8. The van der Waals surface area contributed by atoms with E-state index in [2.05, 4.69) is 29.3 Å². The summed E-state index contributed by atoms with van der Waals surface area (Å²) in [4.78, 5) is 0. The summed E-state index contributed by atoms with van der Waals surface area (Å²) in [6.45, 7) is 4.95. The molecule has 0 saturated heterocycles. The highest BCUT2D eigenvalue weighted by Gasteiger charge is 2.14. The van der Waals surface area contributed by atoms with Gasteiger partial charge in [-0.25, -0.2) is 0 Å². The second-order valence-corrected chi connectivity index (χ2v) is 4.87. The molecule has 6 heteroatoms. The van der Waals surface area contributed by atoms with E-state index in [1.165, 1.54) is 5.69 Å². The van der Waals surface area contributed by atoms with Gasteiger partial charge in [-0.15, -0.1) is 5.10 Å². The maximum atomic E-state index is 6.04. The smallest absolute Gasteiger partial charge is 0.0996 e. The van der Waals surface area contributed by atoms with Crippen molar-refractivity contribution >= 4 is 0 Å². The first-order chi connectivity index (χ1) is 8.58. The third kappa shape index (κ3) is 2.76. The molecule has 0 saturated carbocycles. The normalized spacial score (nSPS) is 13.2. The fourth-order valence-electron chi connectivity index (χ4n) is 1.79. The maximum absolute atomic E-state index is 6.04. The fraction of sp³-hybridized carbons (Fsp3) is 0.583. The Kier molecular flexibility index (Phi) is 3.76. The van der Waals surface area contributed by atoms with Gasteiger partial charge in [0.1, 0.15) is 0 Å². The van der Waals surface area contributed by atoms with Crippen LogP contribution in [-0.2, 0) is 20.0 Å². The van der Waals surface area contributed by atoms with E-state index in [1.54, 1.807) is 6.20 Å². The minimum absolute atomic E-state index is 0.0459. The minimum Gasteiger partial charge on any atom is -0.322 e. The monoisotopic (exact) mass is 248 g/mol. The summed E-state index contributed by atoms with van der Waals surface area (Å²) in [7, 11) is 1.94. The Morgan fingerprint density at radius 3 is 2.78 bits per heavy atom. The van der Waals surface area contributed by atoms with E-state index >= 15 is 0 Å². The van der Waals surface area contributed by atoms with Crippen molar-refractivity contribution in [1.29, 1.82) is 0 Å². The highest BCUT2D eigenvalue weighted by atomic mass is 15.4. The molecule has 0 radical (unpaired) electrons.